The zero-order valence-corrected chi connectivity index (χ0v) is 27.1. The number of hydrogen-bond donors (Lipinski definition) is 1. The third kappa shape index (κ3) is 7.52. The number of alkyl halides is 3. The van der Waals surface area contributed by atoms with Crippen molar-refractivity contribution in [3.05, 3.63) is 52.3 Å². The zero-order chi connectivity index (χ0) is 32.4. The van der Waals surface area contributed by atoms with E-state index in [0.717, 1.165) is 94.0 Å². The van der Waals surface area contributed by atoms with E-state index < -0.39 is 12.6 Å². The Bertz CT molecular complexity index is 1740. The summed E-state index contributed by atoms with van der Waals surface area (Å²) >= 11 is 1.07. The van der Waals surface area contributed by atoms with Crippen LogP contribution in [-0.2, 0) is 24.3 Å². The average Bonchev–Trinajstić information content (AvgIpc) is 3.59. The van der Waals surface area contributed by atoms with Gasteiger partial charge in [0.1, 0.15) is 34.5 Å². The second-order valence-electron chi connectivity index (χ2n) is 12.5. The molecule has 3 aromatic heterocycles. The predicted molar refractivity (Wildman–Crippen MR) is 174 cm³/mol. The van der Waals surface area contributed by atoms with Crippen LogP contribution in [-0.4, -0.2) is 99.6 Å². The molecule has 1 aromatic carbocycles. The number of aromatic nitrogens is 3. The molecule has 46 heavy (non-hydrogen) atoms. The number of piperazine rings is 1. The lowest BCUT2D eigenvalue weighted by Crippen LogP contribution is -2.48. The van der Waals surface area contributed by atoms with E-state index >= 15 is 0 Å². The number of fused-ring (bicyclic) bond motifs is 2. The monoisotopic (exact) mass is 652 g/mol. The van der Waals surface area contributed by atoms with Crippen molar-refractivity contribution in [2.75, 3.05) is 57.7 Å². The molecule has 0 radical (unpaired) electrons. The second-order valence-corrected chi connectivity index (χ2v) is 13.7. The van der Waals surface area contributed by atoms with Gasteiger partial charge in [-0.15, -0.1) is 11.3 Å². The van der Waals surface area contributed by atoms with E-state index in [1.807, 2.05) is 6.07 Å². The normalized spacial score (nSPS) is 17.6. The molecule has 4 aromatic rings. The number of nitriles is 1. The summed E-state index contributed by atoms with van der Waals surface area (Å²) in [7, 11) is 0. The summed E-state index contributed by atoms with van der Waals surface area (Å²) in [4.78, 5) is 27.8. The van der Waals surface area contributed by atoms with Crippen LogP contribution in [0.2, 0.25) is 0 Å². The van der Waals surface area contributed by atoms with Gasteiger partial charge in [-0.25, -0.2) is 9.97 Å². The van der Waals surface area contributed by atoms with Crippen molar-refractivity contribution in [3.63, 3.8) is 0 Å². The van der Waals surface area contributed by atoms with Crippen molar-refractivity contribution < 1.29 is 18.0 Å². The summed E-state index contributed by atoms with van der Waals surface area (Å²) in [5.74, 6) is 0.800. The molecule has 0 saturated carbocycles. The molecule has 0 aliphatic carbocycles. The SMILES string of the molecule is CC(=O)CN1CCN(CCn2c(C#N)cc3c(C)c(CN4CCC(Nc5ncnc6sc(CC(F)(F)F)cc56)CC4)ccc32)CC1. The number of ketones is 1. The Kier molecular flexibility index (Phi) is 9.61. The summed E-state index contributed by atoms with van der Waals surface area (Å²) < 4.78 is 40.9. The van der Waals surface area contributed by atoms with E-state index in [-0.39, 0.29) is 16.7 Å². The number of thiophene rings is 1. The van der Waals surface area contributed by atoms with Gasteiger partial charge in [0.2, 0.25) is 0 Å². The van der Waals surface area contributed by atoms with E-state index in [9.17, 15) is 23.2 Å². The van der Waals surface area contributed by atoms with Gasteiger partial charge in [0.25, 0.3) is 0 Å². The number of Topliss-reactive ketones (excluding diaryl/α,β-unsaturated/α-hetero) is 1. The van der Waals surface area contributed by atoms with E-state index in [0.29, 0.717) is 28.3 Å². The van der Waals surface area contributed by atoms with Crippen molar-refractivity contribution in [1.29, 1.82) is 5.26 Å². The summed E-state index contributed by atoms with van der Waals surface area (Å²) in [6, 6.07) is 10.5. The highest BCUT2D eigenvalue weighted by atomic mass is 32.1. The average molecular weight is 653 g/mol. The van der Waals surface area contributed by atoms with Gasteiger partial charge in [0, 0.05) is 80.7 Å². The van der Waals surface area contributed by atoms with Gasteiger partial charge in [-0.3, -0.25) is 19.5 Å². The highest BCUT2D eigenvalue weighted by molar-refractivity contribution is 7.18. The molecule has 13 heteroatoms. The smallest absolute Gasteiger partial charge is 0.367 e. The van der Waals surface area contributed by atoms with Crippen LogP contribution in [0.1, 0.15) is 41.5 Å². The predicted octanol–water partition coefficient (Wildman–Crippen LogP) is 5.21. The first kappa shape index (κ1) is 32.4. The Labute approximate surface area is 270 Å². The van der Waals surface area contributed by atoms with Crippen LogP contribution in [0.5, 0.6) is 0 Å². The number of carbonyl (C=O) groups is 1. The van der Waals surface area contributed by atoms with Gasteiger partial charge in [-0.2, -0.15) is 18.4 Å². The summed E-state index contributed by atoms with van der Waals surface area (Å²) in [6.07, 6.45) is -2.01. The first-order valence-electron chi connectivity index (χ1n) is 15.8. The van der Waals surface area contributed by atoms with Gasteiger partial charge in [0.15, 0.2) is 0 Å². The Balaban J connectivity index is 1.06. The summed E-state index contributed by atoms with van der Waals surface area (Å²) in [5.41, 5.74) is 4.20. The number of likely N-dealkylation sites (tertiary alicyclic amines) is 1. The first-order valence-corrected chi connectivity index (χ1v) is 16.6. The number of carbonyl (C=O) groups excluding carboxylic acids is 1. The lowest BCUT2D eigenvalue weighted by Gasteiger charge is -2.34. The number of anilines is 1. The molecular formula is C33H39F3N8OS. The molecular weight excluding hydrogens is 613 g/mol. The number of nitrogens with zero attached hydrogens (tertiary/aromatic N) is 7. The molecule has 0 unspecified atom stereocenters. The van der Waals surface area contributed by atoms with Crippen LogP contribution in [0.4, 0.5) is 19.0 Å². The number of benzene rings is 1. The number of aryl methyl sites for hydroxylation is 1. The zero-order valence-electron chi connectivity index (χ0n) is 26.2. The molecule has 0 spiro atoms. The molecule has 9 nitrogen and oxygen atoms in total. The fraction of sp³-hybridized carbons (Fsp3) is 0.515. The number of rotatable bonds is 10. The van der Waals surface area contributed by atoms with Crippen molar-refractivity contribution in [2.24, 2.45) is 0 Å². The molecule has 2 aliphatic rings. The molecule has 244 valence electrons. The third-order valence-corrected chi connectivity index (χ3v) is 10.3. The van der Waals surface area contributed by atoms with Crippen molar-refractivity contribution in [3.8, 4) is 6.07 Å². The Morgan fingerprint density at radius 3 is 2.46 bits per heavy atom. The maximum atomic E-state index is 12.9. The van der Waals surface area contributed by atoms with E-state index in [4.69, 9.17) is 0 Å². The molecule has 2 saturated heterocycles. The van der Waals surface area contributed by atoms with Crippen LogP contribution >= 0.6 is 11.3 Å². The molecule has 5 heterocycles. The molecule has 2 aliphatic heterocycles. The number of halogens is 3. The third-order valence-electron chi connectivity index (χ3n) is 9.21. The number of piperidine rings is 1. The fourth-order valence-corrected chi connectivity index (χ4v) is 7.75. The van der Waals surface area contributed by atoms with Gasteiger partial charge in [-0.05, 0) is 56.0 Å². The van der Waals surface area contributed by atoms with Crippen molar-refractivity contribution >= 4 is 44.1 Å². The van der Waals surface area contributed by atoms with E-state index in [2.05, 4.69) is 59.7 Å². The molecule has 0 atom stereocenters. The quantitative estimate of drug-likeness (QED) is 0.250. The minimum Gasteiger partial charge on any atom is -0.367 e. The Hall–Kier alpha value is -3.57. The molecule has 2 fully saturated rings. The lowest BCUT2D eigenvalue weighted by molar-refractivity contribution is -0.126. The highest BCUT2D eigenvalue weighted by Gasteiger charge is 2.29. The maximum absolute atomic E-state index is 12.9. The van der Waals surface area contributed by atoms with Crippen LogP contribution in [0.3, 0.4) is 0 Å². The van der Waals surface area contributed by atoms with Crippen LogP contribution in [0.25, 0.3) is 21.1 Å². The maximum Gasteiger partial charge on any atom is 0.393 e. The van der Waals surface area contributed by atoms with E-state index in [1.165, 1.54) is 17.5 Å². The standard InChI is InChI=1S/C33H39F3N8OS/c1-22(45)19-43-11-9-41(10-12-43)13-14-44-26(18-37)15-28-23(2)24(3-4-30(28)44)20-42-7-5-25(6-8-42)40-31-29-16-27(17-33(34,35)36)46-32(29)39-21-38-31/h3-4,15-16,21,25H,5-14,17,19-20H2,1-2H3,(H,38,39,40). The second kappa shape index (κ2) is 13.7. The molecule has 6 rings (SSSR count). The molecule has 0 amide bonds. The summed E-state index contributed by atoms with van der Waals surface area (Å²) in [5, 5.41) is 15.2. The topological polar surface area (TPSA) is 93.3 Å². The first-order chi connectivity index (χ1) is 22.1. The van der Waals surface area contributed by atoms with Gasteiger partial charge in [-0.1, -0.05) is 6.07 Å². The molecule has 1 N–H and O–H groups in total. The lowest BCUT2D eigenvalue weighted by atomic mass is 10.0. The minimum atomic E-state index is -4.26. The largest absolute Gasteiger partial charge is 0.393 e. The summed E-state index contributed by atoms with van der Waals surface area (Å²) in [6.45, 7) is 12.1. The van der Waals surface area contributed by atoms with Crippen LogP contribution < -0.4 is 5.32 Å². The Morgan fingerprint density at radius 1 is 1.02 bits per heavy atom. The van der Waals surface area contributed by atoms with Crippen molar-refractivity contribution in [2.45, 2.75) is 58.4 Å². The van der Waals surface area contributed by atoms with Gasteiger partial charge in [0.05, 0.1) is 18.4 Å². The van der Waals surface area contributed by atoms with Crippen LogP contribution in [0, 0.1) is 18.3 Å². The van der Waals surface area contributed by atoms with Gasteiger partial charge >= 0.3 is 6.18 Å². The number of hydrogen-bond acceptors (Lipinski definition) is 9. The minimum absolute atomic E-state index is 0.174. The van der Waals surface area contributed by atoms with Gasteiger partial charge < -0.3 is 9.88 Å². The Morgan fingerprint density at radius 2 is 1.76 bits per heavy atom. The van der Waals surface area contributed by atoms with Crippen molar-refractivity contribution in [1.82, 2.24) is 29.2 Å². The van der Waals surface area contributed by atoms with E-state index in [1.54, 1.807) is 13.0 Å². The van der Waals surface area contributed by atoms with Crippen LogP contribution in [0.15, 0.2) is 30.6 Å². The highest BCUT2D eigenvalue weighted by Crippen LogP contribution is 2.33. The number of nitrogens with one attached hydrogen (secondary N) is 1. The molecule has 0 bridgehead atoms. The fourth-order valence-electron chi connectivity index (χ4n) is 6.73.